The zero-order valence-corrected chi connectivity index (χ0v) is 13.8. The van der Waals surface area contributed by atoms with E-state index in [0.29, 0.717) is 5.92 Å². The molecule has 2 aromatic heterocycles. The van der Waals surface area contributed by atoms with Gasteiger partial charge in [0.2, 0.25) is 0 Å². The van der Waals surface area contributed by atoms with Gasteiger partial charge in [-0.2, -0.15) is 8.75 Å². The maximum atomic E-state index is 12.2. The molecule has 6 nitrogen and oxygen atoms in total. The van der Waals surface area contributed by atoms with E-state index in [-0.39, 0.29) is 11.5 Å². The molecule has 22 heavy (non-hydrogen) atoms. The van der Waals surface area contributed by atoms with E-state index in [9.17, 15) is 4.79 Å². The number of rotatable bonds is 4. The lowest BCUT2D eigenvalue weighted by Gasteiger charge is -2.31. The van der Waals surface area contributed by atoms with Crippen molar-refractivity contribution in [3.05, 3.63) is 34.6 Å². The van der Waals surface area contributed by atoms with Crippen molar-refractivity contribution in [3.8, 4) is 0 Å². The Morgan fingerprint density at radius 2 is 2.14 bits per heavy atom. The summed E-state index contributed by atoms with van der Waals surface area (Å²) in [6.45, 7) is 6.81. The van der Waals surface area contributed by atoms with Gasteiger partial charge in [0.05, 0.1) is 29.9 Å². The molecule has 118 valence electrons. The first-order valence-electron chi connectivity index (χ1n) is 7.72. The maximum Gasteiger partial charge on any atom is 0.253 e. The van der Waals surface area contributed by atoms with Crippen LogP contribution in [0, 0.1) is 5.92 Å². The van der Waals surface area contributed by atoms with E-state index in [1.807, 2.05) is 6.20 Å². The average Bonchev–Trinajstić information content (AvgIpc) is 3.04. The van der Waals surface area contributed by atoms with Crippen molar-refractivity contribution in [3.63, 3.8) is 0 Å². The number of nitrogens with zero attached hydrogens (tertiary/aromatic N) is 5. The third kappa shape index (κ3) is 3.35. The second-order valence-electron chi connectivity index (χ2n) is 6.16. The zero-order chi connectivity index (χ0) is 15.5. The largest absolute Gasteiger partial charge is 0.354 e. The number of piperidine rings is 1. The van der Waals surface area contributed by atoms with Gasteiger partial charge in [0.25, 0.3) is 5.56 Å². The van der Waals surface area contributed by atoms with Crippen LogP contribution >= 0.6 is 11.7 Å². The van der Waals surface area contributed by atoms with Gasteiger partial charge in [-0.05, 0) is 24.7 Å². The van der Waals surface area contributed by atoms with Gasteiger partial charge in [-0.25, -0.2) is 4.98 Å². The molecular formula is C15H21N5OS. The second-order valence-corrected chi connectivity index (χ2v) is 6.71. The van der Waals surface area contributed by atoms with Crippen molar-refractivity contribution in [2.75, 3.05) is 18.0 Å². The Hall–Kier alpha value is -1.76. The van der Waals surface area contributed by atoms with Crippen LogP contribution in [-0.4, -0.2) is 31.4 Å². The predicted octanol–water partition coefficient (Wildman–Crippen LogP) is 2.13. The molecule has 1 fully saturated rings. The number of hydrogen-bond acceptors (Lipinski definition) is 6. The molecule has 0 saturated carbocycles. The summed E-state index contributed by atoms with van der Waals surface area (Å²) in [5.41, 5.74) is 0.928. The maximum absolute atomic E-state index is 12.2. The van der Waals surface area contributed by atoms with E-state index in [1.165, 1.54) is 11.7 Å². The summed E-state index contributed by atoms with van der Waals surface area (Å²) in [5, 5.41) is 0. The van der Waals surface area contributed by atoms with Crippen molar-refractivity contribution in [1.29, 1.82) is 0 Å². The fourth-order valence-electron chi connectivity index (χ4n) is 2.81. The summed E-state index contributed by atoms with van der Waals surface area (Å²) in [5.74, 6) is 1.79. The van der Waals surface area contributed by atoms with E-state index in [1.54, 1.807) is 17.0 Å². The van der Waals surface area contributed by atoms with Crippen molar-refractivity contribution in [2.24, 2.45) is 5.92 Å². The Morgan fingerprint density at radius 1 is 1.36 bits per heavy atom. The molecule has 1 aliphatic rings. The summed E-state index contributed by atoms with van der Waals surface area (Å²) in [4.78, 5) is 18.8. The lowest BCUT2D eigenvalue weighted by Crippen LogP contribution is -2.36. The SMILES string of the molecule is CC(C)c1cc(=O)n(CC2CCN(c3cnsn3)CC2)cn1. The fourth-order valence-corrected chi connectivity index (χ4v) is 3.25. The van der Waals surface area contributed by atoms with E-state index in [4.69, 9.17) is 0 Å². The van der Waals surface area contributed by atoms with E-state index in [0.717, 1.165) is 44.0 Å². The van der Waals surface area contributed by atoms with Gasteiger partial charge in [0, 0.05) is 25.7 Å². The molecule has 0 bridgehead atoms. The van der Waals surface area contributed by atoms with Gasteiger partial charge in [0.1, 0.15) is 0 Å². The van der Waals surface area contributed by atoms with Gasteiger partial charge in [-0.1, -0.05) is 13.8 Å². The fraction of sp³-hybridized carbons (Fsp3) is 0.600. The molecule has 2 aromatic rings. The van der Waals surface area contributed by atoms with Crippen molar-refractivity contribution < 1.29 is 0 Å². The molecule has 1 saturated heterocycles. The van der Waals surface area contributed by atoms with Gasteiger partial charge >= 0.3 is 0 Å². The molecular weight excluding hydrogens is 298 g/mol. The highest BCUT2D eigenvalue weighted by atomic mass is 32.1. The quantitative estimate of drug-likeness (QED) is 0.864. The molecule has 0 atom stereocenters. The lowest BCUT2D eigenvalue weighted by molar-refractivity contribution is 0.350. The Balaban J connectivity index is 1.60. The van der Waals surface area contributed by atoms with Crippen molar-refractivity contribution >= 4 is 17.5 Å². The van der Waals surface area contributed by atoms with Crippen LogP contribution in [0.5, 0.6) is 0 Å². The Bertz CT molecular complexity index is 659. The summed E-state index contributed by atoms with van der Waals surface area (Å²) in [7, 11) is 0. The molecule has 3 rings (SSSR count). The molecule has 0 N–H and O–H groups in total. The molecule has 0 aromatic carbocycles. The highest BCUT2D eigenvalue weighted by molar-refractivity contribution is 6.99. The normalized spacial score (nSPS) is 16.4. The summed E-state index contributed by atoms with van der Waals surface area (Å²) in [6, 6.07) is 1.67. The number of anilines is 1. The summed E-state index contributed by atoms with van der Waals surface area (Å²) in [6.07, 6.45) is 5.66. The monoisotopic (exact) mass is 319 g/mol. The van der Waals surface area contributed by atoms with Crippen LogP contribution in [0.15, 0.2) is 23.4 Å². The zero-order valence-electron chi connectivity index (χ0n) is 13.0. The first-order chi connectivity index (χ1) is 10.6. The number of hydrogen-bond donors (Lipinski definition) is 0. The van der Waals surface area contributed by atoms with Gasteiger partial charge in [-0.3, -0.25) is 9.36 Å². The van der Waals surface area contributed by atoms with Crippen LogP contribution < -0.4 is 10.5 Å². The number of aromatic nitrogens is 4. The van der Waals surface area contributed by atoms with Gasteiger partial charge in [0.15, 0.2) is 5.82 Å². The van der Waals surface area contributed by atoms with Crippen LogP contribution in [0.2, 0.25) is 0 Å². The Kier molecular flexibility index (Phi) is 4.52. The molecule has 1 aliphatic heterocycles. The predicted molar refractivity (Wildman–Crippen MR) is 87.4 cm³/mol. The highest BCUT2D eigenvalue weighted by Gasteiger charge is 2.21. The smallest absolute Gasteiger partial charge is 0.253 e. The lowest BCUT2D eigenvalue weighted by atomic mass is 9.97. The molecule has 0 radical (unpaired) electrons. The summed E-state index contributed by atoms with van der Waals surface area (Å²) < 4.78 is 10.1. The first kappa shape index (κ1) is 15.1. The highest BCUT2D eigenvalue weighted by Crippen LogP contribution is 2.22. The molecule has 0 amide bonds. The molecule has 0 unspecified atom stereocenters. The van der Waals surface area contributed by atoms with E-state index >= 15 is 0 Å². The Labute approximate surface area is 134 Å². The van der Waals surface area contributed by atoms with E-state index < -0.39 is 0 Å². The van der Waals surface area contributed by atoms with Gasteiger partial charge in [-0.15, -0.1) is 0 Å². The average molecular weight is 319 g/mol. The Morgan fingerprint density at radius 3 is 2.73 bits per heavy atom. The topological polar surface area (TPSA) is 63.9 Å². The summed E-state index contributed by atoms with van der Waals surface area (Å²) >= 11 is 1.25. The van der Waals surface area contributed by atoms with Crippen LogP contribution in [0.4, 0.5) is 5.82 Å². The molecule has 7 heteroatoms. The van der Waals surface area contributed by atoms with E-state index in [2.05, 4.69) is 32.5 Å². The minimum atomic E-state index is 0.0600. The standard InChI is InChI=1S/C15H21N5OS/c1-11(2)13-7-15(21)20(10-16-13)9-12-3-5-19(6-4-12)14-8-17-22-18-14/h7-8,10-12H,3-6,9H2,1-2H3. The molecule has 0 spiro atoms. The van der Waals surface area contributed by atoms with Crippen LogP contribution in [0.25, 0.3) is 0 Å². The van der Waals surface area contributed by atoms with Crippen LogP contribution in [0.1, 0.15) is 38.3 Å². The van der Waals surface area contributed by atoms with Crippen LogP contribution in [0.3, 0.4) is 0 Å². The minimum absolute atomic E-state index is 0.0600. The minimum Gasteiger partial charge on any atom is -0.354 e. The van der Waals surface area contributed by atoms with Crippen LogP contribution in [-0.2, 0) is 6.54 Å². The third-order valence-electron chi connectivity index (χ3n) is 4.24. The van der Waals surface area contributed by atoms with Crippen molar-refractivity contribution in [1.82, 2.24) is 18.3 Å². The molecule has 3 heterocycles. The van der Waals surface area contributed by atoms with Gasteiger partial charge < -0.3 is 4.90 Å². The first-order valence-corrected chi connectivity index (χ1v) is 8.45. The molecule has 0 aliphatic carbocycles. The third-order valence-corrected chi connectivity index (χ3v) is 4.70. The second kappa shape index (κ2) is 6.56. The van der Waals surface area contributed by atoms with Crippen molar-refractivity contribution in [2.45, 2.75) is 39.2 Å².